The Morgan fingerprint density at radius 2 is 2.19 bits per heavy atom. The average molecular weight is 220 g/mol. The summed E-state index contributed by atoms with van der Waals surface area (Å²) in [5.41, 5.74) is 8.08. The van der Waals surface area contributed by atoms with Gasteiger partial charge in [0, 0.05) is 5.69 Å². The van der Waals surface area contributed by atoms with Crippen molar-refractivity contribution in [1.29, 1.82) is 0 Å². The highest BCUT2D eigenvalue weighted by atomic mass is 16.3. The molecular weight excluding hydrogens is 204 g/mol. The molecule has 2 aromatic rings. The van der Waals surface area contributed by atoms with Crippen molar-refractivity contribution in [2.24, 2.45) is 5.92 Å². The van der Waals surface area contributed by atoms with Gasteiger partial charge in [0.15, 0.2) is 0 Å². The smallest absolute Gasteiger partial charge is 0.113 e. The van der Waals surface area contributed by atoms with Gasteiger partial charge in [0.25, 0.3) is 0 Å². The molecule has 86 valence electrons. The summed E-state index contributed by atoms with van der Waals surface area (Å²) in [6.45, 7) is 4.13. The van der Waals surface area contributed by atoms with Crippen LogP contribution >= 0.6 is 0 Å². The molecule has 0 radical (unpaired) electrons. The molecule has 0 aliphatic rings. The Morgan fingerprint density at radius 1 is 1.44 bits per heavy atom. The molecule has 1 atom stereocenters. The highest BCUT2D eigenvalue weighted by molar-refractivity contribution is 5.78. The quantitative estimate of drug-likeness (QED) is 0.762. The van der Waals surface area contributed by atoms with Crippen LogP contribution in [-0.4, -0.2) is 26.7 Å². The molecule has 0 fully saturated rings. The molecule has 3 N–H and O–H groups in total. The molecule has 0 aliphatic heterocycles. The van der Waals surface area contributed by atoms with Crippen molar-refractivity contribution in [2.45, 2.75) is 19.9 Å². The SMILES string of the molecule is CC(C)C(CO)n1nnc2ccc(N)cc21. The van der Waals surface area contributed by atoms with E-state index in [1.54, 1.807) is 10.7 Å². The molecule has 1 aromatic carbocycles. The number of aliphatic hydroxyl groups excluding tert-OH is 1. The second-order valence-corrected chi connectivity index (χ2v) is 4.28. The number of hydrogen-bond donors (Lipinski definition) is 2. The third-order valence-electron chi connectivity index (χ3n) is 2.77. The summed E-state index contributed by atoms with van der Waals surface area (Å²) < 4.78 is 1.75. The topological polar surface area (TPSA) is 77.0 Å². The fraction of sp³-hybridized carbons (Fsp3) is 0.455. The molecule has 5 heteroatoms. The zero-order valence-electron chi connectivity index (χ0n) is 9.46. The van der Waals surface area contributed by atoms with E-state index in [9.17, 15) is 5.11 Å². The minimum absolute atomic E-state index is 0.0466. The first-order valence-corrected chi connectivity index (χ1v) is 5.34. The number of anilines is 1. The van der Waals surface area contributed by atoms with E-state index in [0.717, 1.165) is 11.0 Å². The van der Waals surface area contributed by atoms with Crippen LogP contribution in [0.4, 0.5) is 5.69 Å². The Labute approximate surface area is 93.9 Å². The molecule has 1 heterocycles. The number of fused-ring (bicyclic) bond motifs is 1. The standard InChI is InChI=1S/C11H16N4O/c1-7(2)11(6-16)15-10-5-8(12)3-4-9(10)13-14-15/h3-5,7,11,16H,6,12H2,1-2H3. The molecule has 5 nitrogen and oxygen atoms in total. The van der Waals surface area contributed by atoms with Crippen LogP contribution in [0, 0.1) is 5.92 Å². The summed E-state index contributed by atoms with van der Waals surface area (Å²) in [6.07, 6.45) is 0. The maximum atomic E-state index is 9.38. The van der Waals surface area contributed by atoms with Gasteiger partial charge in [-0.15, -0.1) is 5.10 Å². The van der Waals surface area contributed by atoms with Gasteiger partial charge < -0.3 is 10.8 Å². The summed E-state index contributed by atoms with van der Waals surface area (Å²) in [5.74, 6) is 0.288. The number of hydrogen-bond acceptors (Lipinski definition) is 4. The maximum absolute atomic E-state index is 9.38. The molecule has 2 rings (SSSR count). The number of benzene rings is 1. The average Bonchev–Trinajstić information content (AvgIpc) is 2.62. The lowest BCUT2D eigenvalue weighted by Crippen LogP contribution is -2.20. The van der Waals surface area contributed by atoms with Crippen LogP contribution in [0.5, 0.6) is 0 Å². The van der Waals surface area contributed by atoms with Crippen molar-refractivity contribution in [3.8, 4) is 0 Å². The van der Waals surface area contributed by atoms with Crippen molar-refractivity contribution >= 4 is 16.7 Å². The Balaban J connectivity index is 2.55. The van der Waals surface area contributed by atoms with Gasteiger partial charge in [-0.1, -0.05) is 19.1 Å². The fourth-order valence-electron chi connectivity index (χ4n) is 1.77. The first kappa shape index (κ1) is 10.9. The first-order chi connectivity index (χ1) is 7.63. The third kappa shape index (κ3) is 1.74. The van der Waals surface area contributed by atoms with Crippen LogP contribution in [0.15, 0.2) is 18.2 Å². The van der Waals surface area contributed by atoms with Crippen LogP contribution in [0.3, 0.4) is 0 Å². The van der Waals surface area contributed by atoms with Gasteiger partial charge in [-0.05, 0) is 24.1 Å². The summed E-state index contributed by atoms with van der Waals surface area (Å²) in [5, 5.41) is 17.5. The number of aliphatic hydroxyl groups is 1. The largest absolute Gasteiger partial charge is 0.399 e. The fourth-order valence-corrected chi connectivity index (χ4v) is 1.77. The van der Waals surface area contributed by atoms with Crippen LogP contribution in [0.1, 0.15) is 19.9 Å². The van der Waals surface area contributed by atoms with Gasteiger partial charge in [-0.3, -0.25) is 0 Å². The first-order valence-electron chi connectivity index (χ1n) is 5.34. The van der Waals surface area contributed by atoms with Crippen molar-refractivity contribution in [3.63, 3.8) is 0 Å². The van der Waals surface area contributed by atoms with Crippen molar-refractivity contribution in [2.75, 3.05) is 12.3 Å². The second-order valence-electron chi connectivity index (χ2n) is 4.28. The van der Waals surface area contributed by atoms with Gasteiger partial charge in [0.2, 0.25) is 0 Å². The van der Waals surface area contributed by atoms with Crippen molar-refractivity contribution in [3.05, 3.63) is 18.2 Å². The van der Waals surface area contributed by atoms with Crippen LogP contribution < -0.4 is 5.73 Å². The van der Waals surface area contributed by atoms with E-state index in [0.29, 0.717) is 5.69 Å². The van der Waals surface area contributed by atoms with Gasteiger partial charge >= 0.3 is 0 Å². The molecule has 0 aliphatic carbocycles. The normalized spacial score (nSPS) is 13.5. The predicted octanol–water partition coefficient (Wildman–Crippen LogP) is 1.20. The summed E-state index contributed by atoms with van der Waals surface area (Å²) in [4.78, 5) is 0. The van der Waals surface area contributed by atoms with E-state index >= 15 is 0 Å². The summed E-state index contributed by atoms with van der Waals surface area (Å²) in [7, 11) is 0. The van der Waals surface area contributed by atoms with E-state index in [-0.39, 0.29) is 18.6 Å². The Hall–Kier alpha value is -1.62. The van der Waals surface area contributed by atoms with E-state index in [4.69, 9.17) is 5.73 Å². The second kappa shape index (κ2) is 4.09. The molecule has 0 saturated heterocycles. The minimum Gasteiger partial charge on any atom is -0.399 e. The van der Waals surface area contributed by atoms with Gasteiger partial charge in [0.1, 0.15) is 5.52 Å². The van der Waals surface area contributed by atoms with E-state index in [2.05, 4.69) is 10.3 Å². The highest BCUT2D eigenvalue weighted by Crippen LogP contribution is 2.22. The lowest BCUT2D eigenvalue weighted by molar-refractivity contribution is 0.184. The molecule has 0 spiro atoms. The zero-order chi connectivity index (χ0) is 11.7. The molecule has 1 aromatic heterocycles. The monoisotopic (exact) mass is 220 g/mol. The van der Waals surface area contributed by atoms with Crippen LogP contribution in [-0.2, 0) is 0 Å². The lowest BCUT2D eigenvalue weighted by atomic mass is 10.1. The maximum Gasteiger partial charge on any atom is 0.113 e. The third-order valence-corrected chi connectivity index (χ3v) is 2.77. The number of nitrogens with zero attached hydrogens (tertiary/aromatic N) is 3. The van der Waals surface area contributed by atoms with Crippen molar-refractivity contribution in [1.82, 2.24) is 15.0 Å². The number of rotatable bonds is 3. The Kier molecular flexibility index (Phi) is 2.78. The Morgan fingerprint density at radius 3 is 2.81 bits per heavy atom. The molecule has 16 heavy (non-hydrogen) atoms. The van der Waals surface area contributed by atoms with Gasteiger partial charge in [-0.2, -0.15) is 0 Å². The minimum atomic E-state index is -0.0631. The Bertz CT molecular complexity index is 492. The number of nitrogens with two attached hydrogens (primary N) is 1. The summed E-state index contributed by atoms with van der Waals surface area (Å²) in [6, 6.07) is 5.40. The lowest BCUT2D eigenvalue weighted by Gasteiger charge is -2.18. The zero-order valence-corrected chi connectivity index (χ0v) is 9.46. The van der Waals surface area contributed by atoms with Gasteiger partial charge in [0.05, 0.1) is 18.2 Å². The van der Waals surface area contributed by atoms with E-state index < -0.39 is 0 Å². The highest BCUT2D eigenvalue weighted by Gasteiger charge is 2.18. The summed E-state index contributed by atoms with van der Waals surface area (Å²) >= 11 is 0. The predicted molar refractivity (Wildman–Crippen MR) is 62.9 cm³/mol. The number of aromatic nitrogens is 3. The molecular formula is C11H16N4O. The van der Waals surface area contributed by atoms with E-state index in [1.807, 2.05) is 26.0 Å². The van der Waals surface area contributed by atoms with E-state index in [1.165, 1.54) is 0 Å². The van der Waals surface area contributed by atoms with Crippen LogP contribution in [0.25, 0.3) is 11.0 Å². The molecule has 1 unspecified atom stereocenters. The molecule has 0 saturated carbocycles. The number of nitrogen functional groups attached to an aromatic ring is 1. The van der Waals surface area contributed by atoms with Crippen LogP contribution in [0.2, 0.25) is 0 Å². The molecule has 0 bridgehead atoms. The van der Waals surface area contributed by atoms with Crippen molar-refractivity contribution < 1.29 is 5.11 Å². The van der Waals surface area contributed by atoms with Gasteiger partial charge in [-0.25, -0.2) is 4.68 Å². The molecule has 0 amide bonds.